The van der Waals surface area contributed by atoms with Crippen LogP contribution in [0, 0.1) is 5.92 Å². The largest absolute Gasteiger partial charge is 0.261 e. The highest BCUT2D eigenvalue weighted by atomic mass is 14.7. The predicted molar refractivity (Wildman–Crippen MR) is 67.4 cm³/mol. The smallest absolute Gasteiger partial charge is 0.0480 e. The average molecular weight is 211 g/mol. The molecular weight excluding hydrogens is 194 g/mol. The zero-order valence-electron chi connectivity index (χ0n) is 9.80. The van der Waals surface area contributed by atoms with Crippen LogP contribution in [0.4, 0.5) is 0 Å². The van der Waals surface area contributed by atoms with E-state index >= 15 is 0 Å². The van der Waals surface area contributed by atoms with E-state index in [1.54, 1.807) is 0 Å². The van der Waals surface area contributed by atoms with Crippen LogP contribution in [-0.2, 0) is 0 Å². The Balaban J connectivity index is 2.40. The van der Waals surface area contributed by atoms with Gasteiger partial charge in [0, 0.05) is 17.8 Å². The Morgan fingerprint density at radius 1 is 0.875 bits per heavy atom. The highest BCUT2D eigenvalue weighted by Crippen LogP contribution is 2.29. The van der Waals surface area contributed by atoms with Crippen LogP contribution in [0.15, 0.2) is 54.7 Å². The molecule has 16 heavy (non-hydrogen) atoms. The van der Waals surface area contributed by atoms with Crippen molar-refractivity contribution in [2.45, 2.75) is 19.8 Å². The molecule has 1 aromatic heterocycles. The Morgan fingerprint density at radius 3 is 2.12 bits per heavy atom. The molecule has 1 aromatic carbocycles. The van der Waals surface area contributed by atoms with Gasteiger partial charge in [0.15, 0.2) is 0 Å². The average Bonchev–Trinajstić information content (AvgIpc) is 2.31. The van der Waals surface area contributed by atoms with Crippen molar-refractivity contribution in [1.29, 1.82) is 0 Å². The van der Waals surface area contributed by atoms with E-state index in [0.29, 0.717) is 11.8 Å². The summed E-state index contributed by atoms with van der Waals surface area (Å²) in [4.78, 5) is 4.48. The summed E-state index contributed by atoms with van der Waals surface area (Å²) in [5.74, 6) is 0.944. The lowest BCUT2D eigenvalue weighted by molar-refractivity contribution is 0.552. The van der Waals surface area contributed by atoms with Gasteiger partial charge in [-0.25, -0.2) is 0 Å². The van der Waals surface area contributed by atoms with E-state index in [2.05, 4.69) is 61.3 Å². The molecule has 0 bridgehead atoms. The first-order chi connectivity index (χ1) is 7.79. The molecule has 0 fully saturated rings. The summed E-state index contributed by atoms with van der Waals surface area (Å²) >= 11 is 0. The van der Waals surface area contributed by atoms with Gasteiger partial charge >= 0.3 is 0 Å². The van der Waals surface area contributed by atoms with Crippen LogP contribution in [0.1, 0.15) is 31.0 Å². The summed E-state index contributed by atoms with van der Waals surface area (Å²) in [6.45, 7) is 4.48. The first-order valence-corrected chi connectivity index (χ1v) is 5.75. The molecule has 0 aliphatic rings. The van der Waals surface area contributed by atoms with E-state index in [9.17, 15) is 0 Å². The van der Waals surface area contributed by atoms with Gasteiger partial charge in [-0.15, -0.1) is 0 Å². The first-order valence-electron chi connectivity index (χ1n) is 5.75. The maximum Gasteiger partial charge on any atom is 0.0480 e. The van der Waals surface area contributed by atoms with Crippen molar-refractivity contribution >= 4 is 0 Å². The number of hydrogen-bond acceptors (Lipinski definition) is 1. The molecule has 2 rings (SSSR count). The van der Waals surface area contributed by atoms with E-state index in [1.807, 2.05) is 12.3 Å². The van der Waals surface area contributed by atoms with E-state index in [1.165, 1.54) is 5.56 Å². The van der Waals surface area contributed by atoms with Crippen LogP contribution in [-0.4, -0.2) is 4.98 Å². The Morgan fingerprint density at radius 2 is 1.56 bits per heavy atom. The van der Waals surface area contributed by atoms with Gasteiger partial charge in [0.1, 0.15) is 0 Å². The molecule has 1 nitrogen and oxygen atoms in total. The van der Waals surface area contributed by atoms with Crippen molar-refractivity contribution in [3.8, 4) is 0 Å². The predicted octanol–water partition coefficient (Wildman–Crippen LogP) is 3.87. The minimum absolute atomic E-state index is 0.391. The molecule has 0 aliphatic heterocycles. The van der Waals surface area contributed by atoms with Gasteiger partial charge in [-0.1, -0.05) is 50.2 Å². The summed E-state index contributed by atoms with van der Waals surface area (Å²) in [5, 5.41) is 0. The number of benzene rings is 1. The third-order valence-electron chi connectivity index (χ3n) is 2.83. The molecule has 0 aliphatic carbocycles. The minimum Gasteiger partial charge on any atom is -0.261 e. The maximum absolute atomic E-state index is 4.48. The van der Waals surface area contributed by atoms with Crippen molar-refractivity contribution in [1.82, 2.24) is 4.98 Å². The molecule has 0 N–H and O–H groups in total. The van der Waals surface area contributed by atoms with Crippen LogP contribution in [0.5, 0.6) is 0 Å². The van der Waals surface area contributed by atoms with Crippen molar-refractivity contribution in [2.75, 3.05) is 0 Å². The zero-order valence-corrected chi connectivity index (χ0v) is 9.80. The molecule has 1 heterocycles. The Labute approximate surface area is 97.2 Å². The Bertz CT molecular complexity index is 380. The fraction of sp³-hybridized carbons (Fsp3) is 0.267. The van der Waals surface area contributed by atoms with Crippen LogP contribution in [0.25, 0.3) is 0 Å². The second kappa shape index (κ2) is 4.93. The highest BCUT2D eigenvalue weighted by Gasteiger charge is 2.18. The van der Waals surface area contributed by atoms with E-state index < -0.39 is 0 Å². The molecule has 1 heteroatoms. The van der Waals surface area contributed by atoms with Gasteiger partial charge in [-0.05, 0) is 23.6 Å². The molecule has 82 valence electrons. The number of pyridine rings is 1. The first kappa shape index (κ1) is 10.9. The third kappa shape index (κ3) is 2.30. The van der Waals surface area contributed by atoms with Crippen LogP contribution >= 0.6 is 0 Å². The number of rotatable bonds is 3. The molecule has 0 spiro atoms. The second-order valence-electron chi connectivity index (χ2n) is 4.39. The topological polar surface area (TPSA) is 12.9 Å². The van der Waals surface area contributed by atoms with Gasteiger partial charge in [-0.3, -0.25) is 4.98 Å². The second-order valence-corrected chi connectivity index (χ2v) is 4.39. The normalized spacial score (nSPS) is 12.7. The monoisotopic (exact) mass is 211 g/mol. The Hall–Kier alpha value is -1.63. The lowest BCUT2D eigenvalue weighted by Gasteiger charge is -2.20. The SMILES string of the molecule is CC(C)C(c1ccccc1)c1ccccn1. The summed E-state index contributed by atoms with van der Waals surface area (Å²) in [6.07, 6.45) is 1.87. The Kier molecular flexibility index (Phi) is 3.35. The summed E-state index contributed by atoms with van der Waals surface area (Å²) in [7, 11) is 0. The van der Waals surface area contributed by atoms with E-state index in [-0.39, 0.29) is 0 Å². The van der Waals surface area contributed by atoms with E-state index in [0.717, 1.165) is 5.69 Å². The molecule has 1 unspecified atom stereocenters. The van der Waals surface area contributed by atoms with Crippen LogP contribution < -0.4 is 0 Å². The molecule has 1 atom stereocenters. The quantitative estimate of drug-likeness (QED) is 0.751. The molecule has 2 aromatic rings. The maximum atomic E-state index is 4.48. The zero-order chi connectivity index (χ0) is 11.4. The fourth-order valence-corrected chi connectivity index (χ4v) is 2.12. The van der Waals surface area contributed by atoms with Crippen LogP contribution in [0.2, 0.25) is 0 Å². The van der Waals surface area contributed by atoms with Crippen molar-refractivity contribution in [3.05, 3.63) is 66.0 Å². The van der Waals surface area contributed by atoms with Gasteiger partial charge in [0.25, 0.3) is 0 Å². The van der Waals surface area contributed by atoms with Crippen molar-refractivity contribution in [2.24, 2.45) is 5.92 Å². The lowest BCUT2D eigenvalue weighted by Crippen LogP contribution is -2.09. The minimum atomic E-state index is 0.391. The molecule has 0 radical (unpaired) electrons. The fourth-order valence-electron chi connectivity index (χ4n) is 2.12. The summed E-state index contributed by atoms with van der Waals surface area (Å²) in [6, 6.07) is 16.7. The molecular formula is C15H17N. The van der Waals surface area contributed by atoms with E-state index in [4.69, 9.17) is 0 Å². The summed E-state index contributed by atoms with van der Waals surface area (Å²) in [5.41, 5.74) is 2.50. The molecule has 0 saturated heterocycles. The van der Waals surface area contributed by atoms with Crippen molar-refractivity contribution in [3.63, 3.8) is 0 Å². The van der Waals surface area contributed by atoms with Crippen molar-refractivity contribution < 1.29 is 0 Å². The highest BCUT2D eigenvalue weighted by molar-refractivity contribution is 5.28. The molecule has 0 saturated carbocycles. The van der Waals surface area contributed by atoms with Gasteiger partial charge in [0.2, 0.25) is 0 Å². The number of nitrogens with zero attached hydrogens (tertiary/aromatic N) is 1. The van der Waals surface area contributed by atoms with Gasteiger partial charge < -0.3 is 0 Å². The number of aromatic nitrogens is 1. The van der Waals surface area contributed by atoms with Gasteiger partial charge in [-0.2, -0.15) is 0 Å². The third-order valence-corrected chi connectivity index (χ3v) is 2.83. The molecule has 0 amide bonds. The summed E-state index contributed by atoms with van der Waals surface area (Å²) < 4.78 is 0. The van der Waals surface area contributed by atoms with Gasteiger partial charge in [0.05, 0.1) is 0 Å². The standard InChI is InChI=1S/C15H17N/c1-12(2)15(13-8-4-3-5-9-13)14-10-6-7-11-16-14/h3-12,15H,1-2H3. The lowest BCUT2D eigenvalue weighted by atomic mass is 9.85. The van der Waals surface area contributed by atoms with Crippen LogP contribution in [0.3, 0.4) is 0 Å². The number of hydrogen-bond donors (Lipinski definition) is 0.